The zero-order valence-corrected chi connectivity index (χ0v) is 6.96. The maximum atomic E-state index is 10.6. The first-order chi connectivity index (χ1) is 5.57. The maximum absolute atomic E-state index is 10.6. The highest BCUT2D eigenvalue weighted by molar-refractivity contribution is 5.86. The van der Waals surface area contributed by atoms with E-state index in [1.165, 1.54) is 6.92 Å². The van der Waals surface area contributed by atoms with Gasteiger partial charge in [0.15, 0.2) is 0 Å². The van der Waals surface area contributed by atoms with Crippen molar-refractivity contribution < 1.29 is 24.1 Å². The number of rotatable bonds is 2. The zero-order chi connectivity index (χ0) is 9.56. The molecule has 0 aromatic carbocycles. The molecule has 0 atom stereocenters. The lowest BCUT2D eigenvalue weighted by atomic mass is 10.4. The largest absolute Gasteiger partial charge is 0.549 e. The van der Waals surface area contributed by atoms with Gasteiger partial charge in [-0.05, 0) is 13.8 Å². The summed E-state index contributed by atoms with van der Waals surface area (Å²) in [5.74, 6) is -0.803. The Balaban J connectivity index is 3.61. The fourth-order valence-electron chi connectivity index (χ4n) is 0.285. The molecular formula is C7H10O5. The van der Waals surface area contributed by atoms with Crippen LogP contribution in [0.5, 0.6) is 0 Å². The summed E-state index contributed by atoms with van der Waals surface area (Å²) in [6.07, 6.45) is -1.05. The minimum Gasteiger partial charge on any atom is -0.432 e. The molecule has 0 rings (SSSR count). The van der Waals surface area contributed by atoms with Crippen LogP contribution >= 0.6 is 0 Å². The minimum atomic E-state index is -1.05. The summed E-state index contributed by atoms with van der Waals surface area (Å²) in [5.41, 5.74) is 0.138. The van der Waals surface area contributed by atoms with Crippen molar-refractivity contribution >= 4 is 12.1 Å². The molecule has 0 aromatic rings. The van der Waals surface area contributed by atoms with E-state index in [0.29, 0.717) is 0 Å². The lowest BCUT2D eigenvalue weighted by Gasteiger charge is -2.01. The van der Waals surface area contributed by atoms with E-state index >= 15 is 0 Å². The third-order valence-electron chi connectivity index (χ3n) is 0.796. The Hall–Kier alpha value is -1.52. The molecule has 5 nitrogen and oxygen atoms in total. The fraction of sp³-hybridized carbons (Fsp3) is 0.429. The smallest absolute Gasteiger partial charge is 0.432 e. The van der Waals surface area contributed by atoms with Gasteiger partial charge in [-0.25, -0.2) is 14.6 Å². The van der Waals surface area contributed by atoms with Crippen molar-refractivity contribution in [3.63, 3.8) is 0 Å². The average molecular weight is 174 g/mol. The van der Waals surface area contributed by atoms with Crippen LogP contribution in [-0.4, -0.2) is 18.7 Å². The summed E-state index contributed by atoms with van der Waals surface area (Å²) in [6, 6.07) is 0. The molecular weight excluding hydrogens is 164 g/mol. The van der Waals surface area contributed by atoms with Crippen molar-refractivity contribution in [1.29, 1.82) is 0 Å². The Kier molecular flexibility index (Phi) is 4.52. The third-order valence-corrected chi connectivity index (χ3v) is 0.796. The molecule has 0 fully saturated rings. The molecule has 0 spiro atoms. The fourth-order valence-corrected chi connectivity index (χ4v) is 0.285. The van der Waals surface area contributed by atoms with Crippen molar-refractivity contribution in [2.75, 3.05) is 6.61 Å². The monoisotopic (exact) mass is 174 g/mol. The third kappa shape index (κ3) is 4.32. The molecule has 0 N–H and O–H groups in total. The Morgan fingerprint density at radius 2 is 1.92 bits per heavy atom. The minimum absolute atomic E-state index is 0.138. The van der Waals surface area contributed by atoms with Crippen molar-refractivity contribution in [1.82, 2.24) is 0 Å². The van der Waals surface area contributed by atoms with Crippen molar-refractivity contribution in [2.24, 2.45) is 0 Å². The number of carbonyl (C=O) groups excluding carboxylic acids is 2. The van der Waals surface area contributed by atoms with E-state index in [1.54, 1.807) is 6.92 Å². The van der Waals surface area contributed by atoms with Crippen LogP contribution in [0.25, 0.3) is 0 Å². The summed E-state index contributed by atoms with van der Waals surface area (Å²) in [4.78, 5) is 29.0. The van der Waals surface area contributed by atoms with Gasteiger partial charge in [-0.1, -0.05) is 6.58 Å². The molecule has 0 amide bonds. The quantitative estimate of drug-likeness (QED) is 0.272. The normalized spacial score (nSPS) is 8.50. The highest BCUT2D eigenvalue weighted by Gasteiger charge is 2.09. The van der Waals surface area contributed by atoms with Gasteiger partial charge in [0.25, 0.3) is 0 Å². The standard InChI is InChI=1S/C7H10O5/c1-4-10-7(9)12-11-6(8)5(2)3/h2,4H2,1,3H3. The molecule has 0 aromatic heterocycles. The van der Waals surface area contributed by atoms with Crippen molar-refractivity contribution in [3.8, 4) is 0 Å². The molecule has 0 aliphatic rings. The van der Waals surface area contributed by atoms with E-state index in [0.717, 1.165) is 0 Å². The van der Waals surface area contributed by atoms with Crippen LogP contribution in [0.4, 0.5) is 4.79 Å². The summed E-state index contributed by atoms with van der Waals surface area (Å²) < 4.78 is 4.30. The van der Waals surface area contributed by atoms with Crippen LogP contribution in [0.1, 0.15) is 13.8 Å². The predicted molar refractivity (Wildman–Crippen MR) is 39.0 cm³/mol. The average Bonchev–Trinajstić information content (AvgIpc) is 2.00. The highest BCUT2D eigenvalue weighted by atomic mass is 17.2. The lowest BCUT2D eigenvalue weighted by Crippen LogP contribution is -2.12. The van der Waals surface area contributed by atoms with E-state index in [-0.39, 0.29) is 12.2 Å². The first kappa shape index (κ1) is 10.5. The molecule has 5 heteroatoms. The van der Waals surface area contributed by atoms with Crippen LogP contribution in [0.3, 0.4) is 0 Å². The number of hydrogen-bond donors (Lipinski definition) is 0. The second-order valence-electron chi connectivity index (χ2n) is 1.92. The molecule has 0 saturated carbocycles. The molecule has 0 radical (unpaired) electrons. The molecule has 12 heavy (non-hydrogen) atoms. The highest BCUT2D eigenvalue weighted by Crippen LogP contribution is 1.94. The molecule has 0 saturated heterocycles. The van der Waals surface area contributed by atoms with E-state index < -0.39 is 12.1 Å². The van der Waals surface area contributed by atoms with E-state index in [4.69, 9.17) is 0 Å². The van der Waals surface area contributed by atoms with E-state index in [1.807, 2.05) is 0 Å². The van der Waals surface area contributed by atoms with Gasteiger partial charge in [0.2, 0.25) is 0 Å². The van der Waals surface area contributed by atoms with Gasteiger partial charge in [-0.3, -0.25) is 0 Å². The Morgan fingerprint density at radius 1 is 1.33 bits per heavy atom. The van der Waals surface area contributed by atoms with Gasteiger partial charge in [-0.2, -0.15) is 4.79 Å². The van der Waals surface area contributed by atoms with Gasteiger partial charge >= 0.3 is 12.1 Å². The van der Waals surface area contributed by atoms with Gasteiger partial charge < -0.3 is 4.74 Å². The van der Waals surface area contributed by atoms with Crippen LogP contribution in [0.15, 0.2) is 12.2 Å². The Morgan fingerprint density at radius 3 is 2.33 bits per heavy atom. The molecule has 68 valence electrons. The predicted octanol–water partition coefficient (Wildman–Crippen LogP) is 1.19. The van der Waals surface area contributed by atoms with Crippen LogP contribution in [0, 0.1) is 0 Å². The van der Waals surface area contributed by atoms with E-state index in [2.05, 4.69) is 21.1 Å². The molecule has 0 aliphatic carbocycles. The van der Waals surface area contributed by atoms with Gasteiger partial charge in [0.05, 0.1) is 6.61 Å². The topological polar surface area (TPSA) is 61.8 Å². The summed E-state index contributed by atoms with van der Waals surface area (Å²) in [6.45, 7) is 6.46. The first-order valence-electron chi connectivity index (χ1n) is 3.29. The second kappa shape index (κ2) is 5.17. The molecule has 0 aliphatic heterocycles. The van der Waals surface area contributed by atoms with Gasteiger partial charge in [0.1, 0.15) is 0 Å². The number of hydrogen-bond acceptors (Lipinski definition) is 5. The van der Waals surface area contributed by atoms with Gasteiger partial charge in [0, 0.05) is 5.57 Å². The number of carbonyl (C=O) groups is 2. The molecule has 0 bridgehead atoms. The van der Waals surface area contributed by atoms with Crippen molar-refractivity contribution in [3.05, 3.63) is 12.2 Å². The van der Waals surface area contributed by atoms with Crippen LogP contribution in [-0.2, 0) is 19.3 Å². The molecule has 0 unspecified atom stereocenters. The number of ether oxygens (including phenoxy) is 1. The summed E-state index contributed by atoms with van der Waals surface area (Å²) in [5, 5.41) is 0. The first-order valence-corrected chi connectivity index (χ1v) is 3.29. The van der Waals surface area contributed by atoms with Crippen LogP contribution in [0.2, 0.25) is 0 Å². The lowest BCUT2D eigenvalue weighted by molar-refractivity contribution is -0.238. The maximum Gasteiger partial charge on any atom is 0.549 e. The second-order valence-corrected chi connectivity index (χ2v) is 1.92. The van der Waals surface area contributed by atoms with E-state index in [9.17, 15) is 9.59 Å². The Bertz CT molecular complexity index is 196. The molecule has 0 heterocycles. The van der Waals surface area contributed by atoms with Crippen LogP contribution < -0.4 is 0 Å². The van der Waals surface area contributed by atoms with Crippen molar-refractivity contribution in [2.45, 2.75) is 13.8 Å². The SMILES string of the molecule is C=C(C)C(=O)OOC(=O)OCC. The summed E-state index contributed by atoms with van der Waals surface area (Å²) >= 11 is 0. The Labute approximate surface area is 69.8 Å². The summed E-state index contributed by atoms with van der Waals surface area (Å²) in [7, 11) is 0. The zero-order valence-electron chi connectivity index (χ0n) is 6.96. The van der Waals surface area contributed by atoms with Gasteiger partial charge in [-0.15, -0.1) is 0 Å².